The summed E-state index contributed by atoms with van der Waals surface area (Å²) in [5.74, 6) is 0.151. The van der Waals surface area contributed by atoms with E-state index < -0.39 is 5.63 Å². The first-order chi connectivity index (χ1) is 10.2. The van der Waals surface area contributed by atoms with Crippen LogP contribution in [0.4, 0.5) is 5.69 Å². The molecule has 4 nitrogen and oxygen atoms in total. The zero-order valence-electron chi connectivity index (χ0n) is 13.7. The number of fused-ring (bicyclic) bond motifs is 2. The number of hydrogen-bond donors (Lipinski definition) is 0. The molecule has 0 radical (unpaired) electrons. The molecule has 0 aliphatic carbocycles. The van der Waals surface area contributed by atoms with Crippen LogP contribution in [-0.4, -0.2) is 18.4 Å². The van der Waals surface area contributed by atoms with Crippen molar-refractivity contribution in [3.05, 3.63) is 39.7 Å². The third-order valence-corrected chi connectivity index (χ3v) is 4.87. The van der Waals surface area contributed by atoms with Gasteiger partial charge in [0, 0.05) is 29.7 Å². The van der Waals surface area contributed by atoms with Gasteiger partial charge in [0.05, 0.1) is 0 Å². The van der Waals surface area contributed by atoms with Gasteiger partial charge in [-0.25, -0.2) is 4.79 Å². The molecule has 0 saturated heterocycles. The fourth-order valence-electron chi connectivity index (χ4n) is 3.43. The Morgan fingerprint density at radius 2 is 2.00 bits per heavy atom. The van der Waals surface area contributed by atoms with Gasteiger partial charge in [0.15, 0.2) is 5.78 Å². The van der Waals surface area contributed by atoms with Crippen molar-refractivity contribution in [3.63, 3.8) is 0 Å². The summed E-state index contributed by atoms with van der Waals surface area (Å²) < 4.78 is 5.37. The van der Waals surface area contributed by atoms with Crippen molar-refractivity contribution < 1.29 is 9.21 Å². The van der Waals surface area contributed by atoms with E-state index in [2.05, 4.69) is 38.8 Å². The summed E-state index contributed by atoms with van der Waals surface area (Å²) in [4.78, 5) is 25.7. The number of benzene rings is 1. The zero-order chi connectivity index (χ0) is 16.2. The molecule has 2 aromatic rings. The number of hydrogen-bond acceptors (Lipinski definition) is 4. The number of carbonyl (C=O) groups is 1. The largest absolute Gasteiger partial charge is 0.422 e. The number of ketones is 1. The molecule has 4 heteroatoms. The fraction of sp³-hybridized carbons (Fsp3) is 0.444. The van der Waals surface area contributed by atoms with E-state index in [-0.39, 0.29) is 16.9 Å². The standard InChI is InChI=1S/C18H21NO3/c1-10-9-18(3,4)19(5)15-8-16-12(6-13(10)15)7-14(11(2)20)17(21)22-16/h6-8,10H,9H2,1-5H3/t10-/m1/s1. The van der Waals surface area contributed by atoms with Gasteiger partial charge in [-0.1, -0.05) is 6.92 Å². The van der Waals surface area contributed by atoms with Crippen LogP contribution in [0.15, 0.2) is 27.4 Å². The molecule has 1 atom stereocenters. The van der Waals surface area contributed by atoms with Gasteiger partial charge in [-0.15, -0.1) is 0 Å². The smallest absolute Gasteiger partial charge is 0.347 e. The number of carbonyl (C=O) groups excluding carboxylic acids is 1. The highest BCUT2D eigenvalue weighted by molar-refractivity contribution is 5.97. The van der Waals surface area contributed by atoms with Gasteiger partial charge < -0.3 is 9.32 Å². The van der Waals surface area contributed by atoms with E-state index >= 15 is 0 Å². The van der Waals surface area contributed by atoms with Gasteiger partial charge in [-0.05, 0) is 50.8 Å². The molecular formula is C18H21NO3. The topological polar surface area (TPSA) is 50.5 Å². The van der Waals surface area contributed by atoms with Crippen LogP contribution in [0.1, 0.15) is 56.0 Å². The molecule has 0 spiro atoms. The lowest BCUT2D eigenvalue weighted by Crippen LogP contribution is -2.45. The molecule has 0 amide bonds. The molecule has 116 valence electrons. The second-order valence-electron chi connectivity index (χ2n) is 6.93. The zero-order valence-corrected chi connectivity index (χ0v) is 13.7. The van der Waals surface area contributed by atoms with Crippen molar-refractivity contribution in [1.82, 2.24) is 0 Å². The Kier molecular flexibility index (Phi) is 3.17. The monoisotopic (exact) mass is 299 g/mol. The third-order valence-electron chi connectivity index (χ3n) is 4.87. The molecule has 22 heavy (non-hydrogen) atoms. The summed E-state index contributed by atoms with van der Waals surface area (Å²) in [6, 6.07) is 5.63. The SMILES string of the molecule is CC(=O)c1cc2cc3c(cc2oc1=O)N(C)C(C)(C)C[C@H]3C. The highest BCUT2D eigenvalue weighted by Gasteiger charge is 2.34. The third kappa shape index (κ3) is 2.14. The summed E-state index contributed by atoms with van der Waals surface area (Å²) in [5, 5.41) is 0.809. The summed E-state index contributed by atoms with van der Waals surface area (Å²) in [7, 11) is 2.07. The highest BCUT2D eigenvalue weighted by atomic mass is 16.4. The maximum Gasteiger partial charge on any atom is 0.347 e. The molecule has 2 heterocycles. The summed E-state index contributed by atoms with van der Waals surface area (Å²) in [6.45, 7) is 8.02. The first-order valence-corrected chi connectivity index (χ1v) is 7.57. The van der Waals surface area contributed by atoms with Crippen LogP contribution < -0.4 is 10.5 Å². The predicted molar refractivity (Wildman–Crippen MR) is 88.0 cm³/mol. The Balaban J connectivity index is 2.29. The lowest BCUT2D eigenvalue weighted by Gasteiger charge is -2.45. The average Bonchev–Trinajstić information content (AvgIpc) is 2.42. The predicted octanol–water partition coefficient (Wildman–Crippen LogP) is 3.72. The number of nitrogens with zero attached hydrogens (tertiary/aromatic N) is 1. The number of anilines is 1. The minimum atomic E-state index is -0.564. The highest BCUT2D eigenvalue weighted by Crippen LogP contribution is 2.43. The van der Waals surface area contributed by atoms with E-state index in [9.17, 15) is 9.59 Å². The average molecular weight is 299 g/mol. The van der Waals surface area contributed by atoms with Crippen molar-refractivity contribution in [1.29, 1.82) is 0 Å². The maximum atomic E-state index is 11.9. The molecule has 0 N–H and O–H groups in total. The first-order valence-electron chi connectivity index (χ1n) is 7.57. The first kappa shape index (κ1) is 14.8. The number of rotatable bonds is 1. The molecule has 1 aromatic heterocycles. The van der Waals surface area contributed by atoms with Crippen LogP contribution in [0.2, 0.25) is 0 Å². The van der Waals surface area contributed by atoms with E-state index in [0.29, 0.717) is 11.5 Å². The molecule has 0 saturated carbocycles. The van der Waals surface area contributed by atoms with E-state index in [1.807, 2.05) is 6.07 Å². The van der Waals surface area contributed by atoms with Crippen molar-refractivity contribution in [2.45, 2.75) is 45.6 Å². The van der Waals surface area contributed by atoms with Crippen LogP contribution in [-0.2, 0) is 0 Å². The lowest BCUT2D eigenvalue weighted by molar-refractivity contribution is 0.101. The normalized spacial score (nSPS) is 20.0. The van der Waals surface area contributed by atoms with E-state index in [4.69, 9.17) is 4.42 Å². The van der Waals surface area contributed by atoms with Crippen LogP contribution in [0.25, 0.3) is 11.0 Å². The van der Waals surface area contributed by atoms with E-state index in [1.165, 1.54) is 12.5 Å². The second-order valence-corrected chi connectivity index (χ2v) is 6.93. The molecule has 1 aliphatic rings. The Bertz CT molecular complexity index is 832. The van der Waals surface area contributed by atoms with Crippen molar-refractivity contribution in [2.24, 2.45) is 0 Å². The molecule has 1 aliphatic heterocycles. The molecular weight excluding hydrogens is 278 g/mol. The van der Waals surface area contributed by atoms with Gasteiger partial charge in [0.2, 0.25) is 0 Å². The molecule has 0 bridgehead atoms. The second kappa shape index (κ2) is 4.70. The maximum absolute atomic E-state index is 11.9. The summed E-state index contributed by atoms with van der Waals surface area (Å²) >= 11 is 0. The molecule has 3 rings (SSSR count). The summed E-state index contributed by atoms with van der Waals surface area (Å²) in [6.07, 6.45) is 1.05. The van der Waals surface area contributed by atoms with Gasteiger partial charge in [0.1, 0.15) is 11.1 Å². The van der Waals surface area contributed by atoms with Crippen molar-refractivity contribution in [2.75, 3.05) is 11.9 Å². The van der Waals surface area contributed by atoms with Crippen LogP contribution in [0.3, 0.4) is 0 Å². The van der Waals surface area contributed by atoms with Crippen molar-refractivity contribution >= 4 is 22.4 Å². The van der Waals surface area contributed by atoms with Gasteiger partial charge in [-0.3, -0.25) is 4.79 Å². The molecule has 1 aromatic carbocycles. The minimum Gasteiger partial charge on any atom is -0.422 e. The van der Waals surface area contributed by atoms with E-state index in [1.54, 1.807) is 6.07 Å². The minimum absolute atomic E-state index is 0.0553. The van der Waals surface area contributed by atoms with Crippen LogP contribution >= 0.6 is 0 Å². The van der Waals surface area contributed by atoms with E-state index in [0.717, 1.165) is 17.5 Å². The van der Waals surface area contributed by atoms with Crippen LogP contribution in [0, 0.1) is 0 Å². The Labute approximate surface area is 129 Å². The number of Topliss-reactive ketones (excluding diaryl/α,β-unsaturated/α-hetero) is 1. The van der Waals surface area contributed by atoms with Gasteiger partial charge >= 0.3 is 5.63 Å². The Hall–Kier alpha value is -2.10. The Morgan fingerprint density at radius 3 is 2.64 bits per heavy atom. The van der Waals surface area contributed by atoms with Gasteiger partial charge in [0.25, 0.3) is 0 Å². The summed E-state index contributed by atoms with van der Waals surface area (Å²) in [5.41, 5.74) is 2.47. The van der Waals surface area contributed by atoms with Gasteiger partial charge in [-0.2, -0.15) is 0 Å². The van der Waals surface area contributed by atoms with Crippen molar-refractivity contribution in [3.8, 4) is 0 Å². The van der Waals surface area contributed by atoms with Crippen LogP contribution in [0.5, 0.6) is 0 Å². The molecule has 0 fully saturated rings. The lowest BCUT2D eigenvalue weighted by atomic mass is 9.80. The quantitative estimate of drug-likeness (QED) is 0.595. The fourth-order valence-corrected chi connectivity index (χ4v) is 3.43. The molecule has 0 unspecified atom stereocenters. The Morgan fingerprint density at radius 1 is 1.32 bits per heavy atom.